The minimum absolute atomic E-state index is 0.0616. The molecule has 2 heterocycles. The van der Waals surface area contributed by atoms with Gasteiger partial charge in [-0.2, -0.15) is 0 Å². The summed E-state index contributed by atoms with van der Waals surface area (Å²) in [7, 11) is 0. The fourth-order valence-corrected chi connectivity index (χ4v) is 5.44. The summed E-state index contributed by atoms with van der Waals surface area (Å²) in [5.74, 6) is 2.17. The van der Waals surface area contributed by atoms with E-state index in [0.29, 0.717) is 5.92 Å². The Labute approximate surface area is 188 Å². The van der Waals surface area contributed by atoms with E-state index in [2.05, 4.69) is 28.5 Å². The Balaban J connectivity index is 1.21. The largest absolute Gasteiger partial charge is 0.454 e. The van der Waals surface area contributed by atoms with Gasteiger partial charge in [-0.25, -0.2) is 0 Å². The molecular weight excluding hydrogens is 400 g/mol. The Kier molecular flexibility index (Phi) is 4.85. The van der Waals surface area contributed by atoms with E-state index in [4.69, 9.17) is 9.47 Å². The van der Waals surface area contributed by atoms with Gasteiger partial charge in [0.1, 0.15) is 0 Å². The molecule has 6 rings (SSSR count). The first-order chi connectivity index (χ1) is 15.7. The van der Waals surface area contributed by atoms with Crippen LogP contribution in [0.15, 0.2) is 42.5 Å². The van der Waals surface area contributed by atoms with Gasteiger partial charge in [-0.1, -0.05) is 38.2 Å². The zero-order valence-corrected chi connectivity index (χ0v) is 18.4. The number of fused-ring (bicyclic) bond motifs is 2. The fraction of sp³-hybridized carbons (Fsp3) is 0.444. The smallest absolute Gasteiger partial charge is 0.235 e. The Bertz CT molecular complexity index is 1150. The van der Waals surface area contributed by atoms with Crippen LogP contribution in [0.4, 0.5) is 5.69 Å². The normalized spacial score (nSPS) is 20.0. The number of benzene rings is 2. The second-order valence-corrected chi connectivity index (χ2v) is 9.67. The lowest BCUT2D eigenvalue weighted by Gasteiger charge is -2.18. The van der Waals surface area contributed by atoms with E-state index in [0.717, 1.165) is 41.1 Å². The average molecular weight is 431 g/mol. The highest BCUT2D eigenvalue weighted by Gasteiger charge is 2.51. The Morgan fingerprint density at radius 3 is 2.50 bits per heavy atom. The van der Waals surface area contributed by atoms with Crippen LogP contribution in [0.2, 0.25) is 0 Å². The molecule has 0 saturated heterocycles. The van der Waals surface area contributed by atoms with Gasteiger partial charge in [-0.15, -0.1) is 0 Å². The van der Waals surface area contributed by atoms with Gasteiger partial charge in [0.15, 0.2) is 11.5 Å². The van der Waals surface area contributed by atoms with Crippen molar-refractivity contribution >= 4 is 22.5 Å². The molecule has 5 nitrogen and oxygen atoms in total. The monoisotopic (exact) mass is 430 g/mol. The van der Waals surface area contributed by atoms with Crippen LogP contribution in [0.5, 0.6) is 11.5 Å². The number of rotatable bonds is 4. The average Bonchev–Trinajstić information content (AvgIpc) is 3.27. The molecule has 0 unspecified atom stereocenters. The molecule has 1 aliphatic heterocycles. The van der Waals surface area contributed by atoms with Crippen molar-refractivity contribution in [3.8, 4) is 11.5 Å². The van der Waals surface area contributed by atoms with Gasteiger partial charge >= 0.3 is 0 Å². The van der Waals surface area contributed by atoms with Gasteiger partial charge in [0.25, 0.3) is 0 Å². The number of amides is 1. The van der Waals surface area contributed by atoms with Crippen molar-refractivity contribution in [1.82, 2.24) is 4.98 Å². The quantitative estimate of drug-likeness (QED) is 0.504. The number of anilines is 1. The highest BCUT2D eigenvalue weighted by molar-refractivity contribution is 6.02. The molecule has 0 bridgehead atoms. The van der Waals surface area contributed by atoms with Crippen molar-refractivity contribution in [1.29, 1.82) is 0 Å². The number of aromatic amines is 1. The Morgan fingerprint density at radius 2 is 1.69 bits per heavy atom. The van der Waals surface area contributed by atoms with Crippen molar-refractivity contribution in [3.63, 3.8) is 0 Å². The molecule has 3 aliphatic rings. The van der Waals surface area contributed by atoms with E-state index < -0.39 is 5.41 Å². The molecule has 2 aliphatic carbocycles. The number of carbonyl (C=O) groups is 1. The molecule has 2 N–H and O–H groups in total. The minimum Gasteiger partial charge on any atom is -0.454 e. The number of aromatic nitrogens is 1. The molecule has 5 heteroatoms. The molecule has 0 radical (unpaired) electrons. The fourth-order valence-electron chi connectivity index (χ4n) is 5.44. The molecule has 2 saturated carbocycles. The molecule has 2 fully saturated rings. The zero-order valence-electron chi connectivity index (χ0n) is 18.4. The first kappa shape index (κ1) is 19.7. The van der Waals surface area contributed by atoms with Gasteiger partial charge < -0.3 is 19.8 Å². The summed E-state index contributed by atoms with van der Waals surface area (Å²) in [6.07, 6.45) is 11.0. The van der Waals surface area contributed by atoms with E-state index in [9.17, 15) is 4.79 Å². The van der Waals surface area contributed by atoms with Gasteiger partial charge in [0.05, 0.1) is 5.41 Å². The summed E-state index contributed by atoms with van der Waals surface area (Å²) < 4.78 is 10.9. The van der Waals surface area contributed by atoms with Crippen molar-refractivity contribution < 1.29 is 14.3 Å². The maximum atomic E-state index is 13.3. The third kappa shape index (κ3) is 3.54. The van der Waals surface area contributed by atoms with Gasteiger partial charge in [0, 0.05) is 22.3 Å². The second-order valence-electron chi connectivity index (χ2n) is 9.67. The molecule has 0 spiro atoms. The summed E-state index contributed by atoms with van der Waals surface area (Å²) in [6, 6.07) is 14.4. The zero-order chi connectivity index (χ0) is 21.5. The molecule has 32 heavy (non-hydrogen) atoms. The van der Waals surface area contributed by atoms with E-state index in [1.807, 2.05) is 24.3 Å². The van der Waals surface area contributed by atoms with Crippen molar-refractivity contribution in [2.45, 2.75) is 69.1 Å². The predicted molar refractivity (Wildman–Crippen MR) is 125 cm³/mol. The summed E-state index contributed by atoms with van der Waals surface area (Å²) in [5.41, 5.74) is 3.91. The molecule has 166 valence electrons. The van der Waals surface area contributed by atoms with Crippen LogP contribution < -0.4 is 14.8 Å². The van der Waals surface area contributed by atoms with Gasteiger partial charge in [-0.3, -0.25) is 4.79 Å². The van der Waals surface area contributed by atoms with Crippen LogP contribution in [-0.4, -0.2) is 17.7 Å². The van der Waals surface area contributed by atoms with E-state index in [-0.39, 0.29) is 12.7 Å². The molecule has 1 amide bonds. The van der Waals surface area contributed by atoms with Gasteiger partial charge in [0.2, 0.25) is 12.7 Å². The highest BCUT2D eigenvalue weighted by Crippen LogP contribution is 2.51. The molecule has 3 aromatic rings. The summed E-state index contributed by atoms with van der Waals surface area (Å²) in [6.45, 7) is 0.248. The van der Waals surface area contributed by atoms with Crippen LogP contribution in [0.1, 0.15) is 75.0 Å². The summed E-state index contributed by atoms with van der Waals surface area (Å²) in [5, 5.41) is 4.36. The van der Waals surface area contributed by atoms with Gasteiger partial charge in [-0.05, 0) is 73.6 Å². The van der Waals surface area contributed by atoms with Crippen molar-refractivity contribution in [2.75, 3.05) is 12.1 Å². The van der Waals surface area contributed by atoms with Crippen LogP contribution in [-0.2, 0) is 10.2 Å². The van der Waals surface area contributed by atoms with E-state index in [1.165, 1.54) is 56.0 Å². The second kappa shape index (κ2) is 7.88. The third-order valence-electron chi connectivity index (χ3n) is 7.55. The number of ether oxygens (including phenoxy) is 2. The van der Waals surface area contributed by atoms with E-state index >= 15 is 0 Å². The summed E-state index contributed by atoms with van der Waals surface area (Å²) in [4.78, 5) is 16.9. The first-order valence-corrected chi connectivity index (χ1v) is 12.1. The standard InChI is InChI=1S/C27H30N2O3/c30-26(27(12-13-27)20-8-11-24-25(16-20)32-17-31-24)28-21-9-10-22-19(14-21)15-23(29-22)18-6-4-2-1-3-5-7-18/h8-11,14-16,18,29H,1-7,12-13,17H2,(H,28,30). The van der Waals surface area contributed by atoms with Crippen molar-refractivity contribution in [2.24, 2.45) is 0 Å². The summed E-state index contributed by atoms with van der Waals surface area (Å²) >= 11 is 0. The number of nitrogens with one attached hydrogen (secondary N) is 2. The highest BCUT2D eigenvalue weighted by atomic mass is 16.7. The first-order valence-electron chi connectivity index (χ1n) is 12.1. The Hall–Kier alpha value is -2.95. The maximum absolute atomic E-state index is 13.3. The topological polar surface area (TPSA) is 63.4 Å². The van der Waals surface area contributed by atoms with Crippen molar-refractivity contribution in [3.05, 3.63) is 53.7 Å². The Morgan fingerprint density at radius 1 is 0.906 bits per heavy atom. The third-order valence-corrected chi connectivity index (χ3v) is 7.55. The lowest BCUT2D eigenvalue weighted by atomic mass is 9.89. The molecule has 0 atom stereocenters. The lowest BCUT2D eigenvalue weighted by molar-refractivity contribution is -0.118. The van der Waals surface area contributed by atoms with Crippen LogP contribution in [0.25, 0.3) is 10.9 Å². The van der Waals surface area contributed by atoms with Crippen LogP contribution >= 0.6 is 0 Å². The van der Waals surface area contributed by atoms with Crippen LogP contribution in [0.3, 0.4) is 0 Å². The number of hydrogen-bond acceptors (Lipinski definition) is 3. The molecule has 2 aromatic carbocycles. The van der Waals surface area contributed by atoms with Crippen LogP contribution in [0, 0.1) is 0 Å². The van der Waals surface area contributed by atoms with E-state index in [1.54, 1.807) is 0 Å². The number of hydrogen-bond donors (Lipinski definition) is 2. The maximum Gasteiger partial charge on any atom is 0.235 e. The SMILES string of the molecule is O=C(Nc1ccc2[nH]c(C3CCCCCCC3)cc2c1)C1(c2ccc3c(c2)OCO3)CC1. The lowest BCUT2D eigenvalue weighted by Crippen LogP contribution is -2.27. The number of H-pyrrole nitrogens is 1. The minimum atomic E-state index is -0.460. The predicted octanol–water partition coefficient (Wildman–Crippen LogP) is 6.39. The molecular formula is C27H30N2O3. The number of carbonyl (C=O) groups excluding carboxylic acids is 1. The molecule has 1 aromatic heterocycles.